The fraction of sp³-hybridized carbons (Fsp3) is 0.600. The number of carbonyl (C=O) groups excluding carboxylic acids is 2. The molecule has 0 N–H and O–H groups in total. The number of carbonyl (C=O) groups is 2. The topological polar surface area (TPSA) is 37.4 Å². The minimum absolute atomic E-state index is 0.102. The van der Waals surface area contributed by atoms with E-state index in [-0.39, 0.29) is 17.7 Å². The van der Waals surface area contributed by atoms with Crippen LogP contribution in [0.3, 0.4) is 0 Å². The normalized spacial score (nSPS) is 19.5. The molecule has 2 heterocycles. The number of ketones is 1. The van der Waals surface area contributed by atoms with Gasteiger partial charge in [-0.1, -0.05) is 6.92 Å². The van der Waals surface area contributed by atoms with Gasteiger partial charge in [0.2, 0.25) is 0 Å². The SMILES string of the molecule is CCc1ccsc1C(=O)N1CCCCC1CC(C)=O. The fourth-order valence-corrected chi connectivity index (χ4v) is 3.69. The summed E-state index contributed by atoms with van der Waals surface area (Å²) in [4.78, 5) is 26.8. The summed E-state index contributed by atoms with van der Waals surface area (Å²) in [6.07, 6.45) is 4.51. The van der Waals surface area contributed by atoms with Gasteiger partial charge in [0.1, 0.15) is 5.78 Å². The monoisotopic (exact) mass is 279 g/mol. The highest BCUT2D eigenvalue weighted by Gasteiger charge is 2.29. The van der Waals surface area contributed by atoms with Crippen molar-refractivity contribution in [2.24, 2.45) is 0 Å². The molecule has 1 aromatic heterocycles. The van der Waals surface area contributed by atoms with Crippen LogP contribution in [0.15, 0.2) is 11.4 Å². The number of thiophene rings is 1. The van der Waals surface area contributed by atoms with Crippen molar-refractivity contribution < 1.29 is 9.59 Å². The molecule has 104 valence electrons. The van der Waals surface area contributed by atoms with E-state index in [1.807, 2.05) is 16.3 Å². The maximum Gasteiger partial charge on any atom is 0.264 e. The Balaban J connectivity index is 2.17. The molecule has 3 nitrogen and oxygen atoms in total. The summed E-state index contributed by atoms with van der Waals surface area (Å²) in [5.41, 5.74) is 1.13. The molecule has 4 heteroatoms. The van der Waals surface area contributed by atoms with Crippen molar-refractivity contribution in [1.29, 1.82) is 0 Å². The Kier molecular flexibility index (Phi) is 4.75. The quantitative estimate of drug-likeness (QED) is 0.848. The molecule has 0 aliphatic carbocycles. The number of nitrogens with zero attached hydrogens (tertiary/aromatic N) is 1. The molecule has 19 heavy (non-hydrogen) atoms. The van der Waals surface area contributed by atoms with Crippen LogP contribution in [0.5, 0.6) is 0 Å². The molecular formula is C15H21NO2S. The number of Topliss-reactive ketones (excluding diaryl/α,β-unsaturated/α-hetero) is 1. The molecule has 1 atom stereocenters. The highest BCUT2D eigenvalue weighted by molar-refractivity contribution is 7.12. The summed E-state index contributed by atoms with van der Waals surface area (Å²) in [7, 11) is 0. The average Bonchev–Trinajstić information content (AvgIpc) is 2.86. The molecule has 1 aromatic rings. The van der Waals surface area contributed by atoms with Crippen molar-refractivity contribution in [3.05, 3.63) is 21.9 Å². The maximum atomic E-state index is 12.7. The van der Waals surface area contributed by atoms with Crippen LogP contribution in [0.25, 0.3) is 0 Å². The molecule has 1 amide bonds. The number of amides is 1. The number of piperidine rings is 1. The van der Waals surface area contributed by atoms with E-state index in [2.05, 4.69) is 6.92 Å². The van der Waals surface area contributed by atoms with E-state index >= 15 is 0 Å². The number of aryl methyl sites for hydroxylation is 1. The van der Waals surface area contributed by atoms with Gasteiger partial charge in [-0.3, -0.25) is 9.59 Å². The fourth-order valence-electron chi connectivity index (χ4n) is 2.74. The second-order valence-corrected chi connectivity index (χ2v) is 6.10. The van der Waals surface area contributed by atoms with Crippen molar-refractivity contribution in [2.75, 3.05) is 6.54 Å². The third-order valence-corrected chi connectivity index (χ3v) is 4.68. The summed E-state index contributed by atoms with van der Waals surface area (Å²) in [5, 5.41) is 1.98. The van der Waals surface area contributed by atoms with Crippen LogP contribution in [-0.2, 0) is 11.2 Å². The highest BCUT2D eigenvalue weighted by atomic mass is 32.1. The van der Waals surface area contributed by atoms with Crippen LogP contribution >= 0.6 is 11.3 Å². The van der Waals surface area contributed by atoms with E-state index in [1.54, 1.807) is 6.92 Å². The summed E-state index contributed by atoms with van der Waals surface area (Å²) in [6.45, 7) is 4.47. The predicted molar refractivity (Wildman–Crippen MR) is 77.7 cm³/mol. The number of rotatable bonds is 4. The summed E-state index contributed by atoms with van der Waals surface area (Å²) >= 11 is 1.52. The maximum absolute atomic E-state index is 12.7. The van der Waals surface area contributed by atoms with E-state index in [4.69, 9.17) is 0 Å². The van der Waals surface area contributed by atoms with Crippen molar-refractivity contribution >= 4 is 23.0 Å². The Morgan fingerprint density at radius 3 is 2.89 bits per heavy atom. The highest BCUT2D eigenvalue weighted by Crippen LogP contribution is 2.26. The van der Waals surface area contributed by atoms with Crippen LogP contribution < -0.4 is 0 Å². The Hall–Kier alpha value is -1.16. The van der Waals surface area contributed by atoms with E-state index < -0.39 is 0 Å². The third kappa shape index (κ3) is 3.24. The molecule has 1 aliphatic heterocycles. The first-order chi connectivity index (χ1) is 9.13. The van der Waals surface area contributed by atoms with Gasteiger partial charge in [-0.25, -0.2) is 0 Å². The van der Waals surface area contributed by atoms with Crippen LogP contribution in [0.1, 0.15) is 54.8 Å². The minimum Gasteiger partial charge on any atom is -0.335 e. The van der Waals surface area contributed by atoms with Gasteiger partial charge in [0.15, 0.2) is 0 Å². The van der Waals surface area contributed by atoms with Crippen molar-refractivity contribution in [3.63, 3.8) is 0 Å². The van der Waals surface area contributed by atoms with Crippen molar-refractivity contribution in [3.8, 4) is 0 Å². The lowest BCUT2D eigenvalue weighted by Gasteiger charge is -2.35. The number of hydrogen-bond acceptors (Lipinski definition) is 3. The summed E-state index contributed by atoms with van der Waals surface area (Å²) in [6, 6.07) is 2.13. The molecule has 0 aromatic carbocycles. The Morgan fingerprint density at radius 1 is 1.42 bits per heavy atom. The molecule has 0 saturated carbocycles. The van der Waals surface area contributed by atoms with Gasteiger partial charge in [-0.2, -0.15) is 0 Å². The van der Waals surface area contributed by atoms with Gasteiger partial charge in [0.25, 0.3) is 5.91 Å². The zero-order chi connectivity index (χ0) is 13.8. The van der Waals surface area contributed by atoms with E-state index in [9.17, 15) is 9.59 Å². The van der Waals surface area contributed by atoms with Crippen molar-refractivity contribution in [2.45, 2.75) is 52.0 Å². The van der Waals surface area contributed by atoms with Gasteiger partial charge < -0.3 is 4.90 Å². The molecule has 1 aliphatic rings. The molecule has 2 rings (SSSR count). The first-order valence-electron chi connectivity index (χ1n) is 7.00. The molecule has 0 bridgehead atoms. The zero-order valence-electron chi connectivity index (χ0n) is 11.6. The van der Waals surface area contributed by atoms with Gasteiger partial charge in [0.05, 0.1) is 4.88 Å². The zero-order valence-corrected chi connectivity index (χ0v) is 12.5. The number of likely N-dealkylation sites (tertiary alicyclic amines) is 1. The lowest BCUT2D eigenvalue weighted by Crippen LogP contribution is -2.44. The standard InChI is InChI=1S/C15H21NO2S/c1-3-12-7-9-19-14(12)15(18)16-8-5-4-6-13(16)10-11(2)17/h7,9,13H,3-6,8,10H2,1-2H3. The van der Waals surface area contributed by atoms with Gasteiger partial charge >= 0.3 is 0 Å². The van der Waals surface area contributed by atoms with Crippen LogP contribution in [-0.4, -0.2) is 29.2 Å². The van der Waals surface area contributed by atoms with Crippen LogP contribution in [0.4, 0.5) is 0 Å². The lowest BCUT2D eigenvalue weighted by molar-refractivity contribution is -0.118. The minimum atomic E-state index is 0.102. The number of hydrogen-bond donors (Lipinski definition) is 0. The first-order valence-corrected chi connectivity index (χ1v) is 7.88. The Bertz CT molecular complexity index is 466. The summed E-state index contributed by atoms with van der Waals surface area (Å²) in [5.74, 6) is 0.296. The molecular weight excluding hydrogens is 258 g/mol. The smallest absolute Gasteiger partial charge is 0.264 e. The van der Waals surface area contributed by atoms with Crippen LogP contribution in [0, 0.1) is 0 Å². The molecule has 0 radical (unpaired) electrons. The van der Waals surface area contributed by atoms with Gasteiger partial charge in [0, 0.05) is 19.0 Å². The summed E-state index contributed by atoms with van der Waals surface area (Å²) < 4.78 is 0. The molecule has 1 fully saturated rings. The molecule has 1 saturated heterocycles. The van der Waals surface area contributed by atoms with Crippen LogP contribution in [0.2, 0.25) is 0 Å². The molecule has 0 spiro atoms. The third-order valence-electron chi connectivity index (χ3n) is 3.73. The average molecular weight is 279 g/mol. The first kappa shape index (κ1) is 14.3. The van der Waals surface area contributed by atoms with E-state index in [1.165, 1.54) is 11.3 Å². The largest absolute Gasteiger partial charge is 0.335 e. The second kappa shape index (κ2) is 6.33. The Labute approximate surface area is 118 Å². The predicted octanol–water partition coefficient (Wildman–Crippen LogP) is 3.28. The van der Waals surface area contributed by atoms with E-state index in [0.29, 0.717) is 6.42 Å². The Morgan fingerprint density at radius 2 is 2.21 bits per heavy atom. The second-order valence-electron chi connectivity index (χ2n) is 5.18. The van der Waals surface area contributed by atoms with E-state index in [0.717, 1.165) is 42.7 Å². The van der Waals surface area contributed by atoms with Gasteiger partial charge in [-0.05, 0) is 49.6 Å². The molecule has 1 unspecified atom stereocenters. The van der Waals surface area contributed by atoms with Crippen molar-refractivity contribution in [1.82, 2.24) is 4.90 Å². The van der Waals surface area contributed by atoms with Gasteiger partial charge in [-0.15, -0.1) is 11.3 Å². The lowest BCUT2D eigenvalue weighted by atomic mass is 9.97.